The summed E-state index contributed by atoms with van der Waals surface area (Å²) in [4.78, 5) is 15.9. The highest BCUT2D eigenvalue weighted by Crippen LogP contribution is 2.14. The van der Waals surface area contributed by atoms with E-state index in [1.807, 2.05) is 26.0 Å². The van der Waals surface area contributed by atoms with Gasteiger partial charge in [0, 0.05) is 18.8 Å². The minimum atomic E-state index is -0.466. The molecule has 4 heteroatoms. The second-order valence-electron chi connectivity index (χ2n) is 4.56. The van der Waals surface area contributed by atoms with Crippen LogP contribution in [0, 0.1) is 0 Å². The molecular formula is C14H22N2O2. The van der Waals surface area contributed by atoms with Gasteiger partial charge < -0.3 is 10.4 Å². The molecule has 4 nitrogen and oxygen atoms in total. The van der Waals surface area contributed by atoms with Crippen molar-refractivity contribution in [3.8, 4) is 0 Å². The first-order chi connectivity index (χ1) is 8.65. The first kappa shape index (κ1) is 14.6. The Morgan fingerprint density at radius 3 is 2.67 bits per heavy atom. The highest BCUT2D eigenvalue weighted by molar-refractivity contribution is 5.77. The Hall–Kier alpha value is -1.42. The third kappa shape index (κ3) is 4.11. The van der Waals surface area contributed by atoms with Crippen LogP contribution in [0.15, 0.2) is 24.5 Å². The van der Waals surface area contributed by atoms with E-state index in [-0.39, 0.29) is 12.5 Å². The number of rotatable bonds is 7. The summed E-state index contributed by atoms with van der Waals surface area (Å²) in [6.45, 7) is 3.93. The highest BCUT2D eigenvalue weighted by Gasteiger charge is 2.26. The molecule has 0 aliphatic heterocycles. The van der Waals surface area contributed by atoms with Gasteiger partial charge in [0.05, 0.1) is 12.1 Å². The van der Waals surface area contributed by atoms with Gasteiger partial charge in [0.2, 0.25) is 5.91 Å². The molecule has 1 heterocycles. The van der Waals surface area contributed by atoms with Gasteiger partial charge in [-0.15, -0.1) is 0 Å². The monoisotopic (exact) mass is 250 g/mol. The maximum atomic E-state index is 11.9. The Morgan fingerprint density at radius 1 is 1.44 bits per heavy atom. The van der Waals surface area contributed by atoms with E-state index in [0.717, 1.165) is 18.4 Å². The number of pyridine rings is 1. The highest BCUT2D eigenvalue weighted by atomic mass is 16.3. The molecule has 0 spiro atoms. The molecule has 1 aromatic rings. The van der Waals surface area contributed by atoms with E-state index in [1.54, 1.807) is 12.4 Å². The van der Waals surface area contributed by atoms with E-state index >= 15 is 0 Å². The average Bonchev–Trinajstić information content (AvgIpc) is 2.44. The Kier molecular flexibility index (Phi) is 5.78. The van der Waals surface area contributed by atoms with Crippen molar-refractivity contribution in [3.63, 3.8) is 0 Å². The zero-order valence-corrected chi connectivity index (χ0v) is 11.1. The number of amides is 1. The fourth-order valence-corrected chi connectivity index (χ4v) is 1.85. The first-order valence-corrected chi connectivity index (χ1v) is 6.46. The van der Waals surface area contributed by atoms with Gasteiger partial charge in [0.15, 0.2) is 0 Å². The summed E-state index contributed by atoms with van der Waals surface area (Å²) in [5.41, 5.74) is 0.585. The zero-order valence-electron chi connectivity index (χ0n) is 11.1. The lowest BCUT2D eigenvalue weighted by atomic mass is 9.93. The third-order valence-electron chi connectivity index (χ3n) is 3.42. The van der Waals surface area contributed by atoms with Gasteiger partial charge in [-0.3, -0.25) is 9.78 Å². The summed E-state index contributed by atoms with van der Waals surface area (Å²) >= 11 is 0. The molecule has 0 aliphatic carbocycles. The quantitative estimate of drug-likeness (QED) is 0.774. The van der Waals surface area contributed by atoms with Crippen LogP contribution in [0.5, 0.6) is 0 Å². The summed E-state index contributed by atoms with van der Waals surface area (Å²) in [7, 11) is 0. The lowest BCUT2D eigenvalue weighted by Gasteiger charge is -2.30. The molecule has 0 bridgehead atoms. The molecule has 0 radical (unpaired) electrons. The molecule has 100 valence electrons. The van der Waals surface area contributed by atoms with Crippen molar-refractivity contribution in [2.75, 3.05) is 6.61 Å². The summed E-state index contributed by atoms with van der Waals surface area (Å²) < 4.78 is 0. The van der Waals surface area contributed by atoms with Crippen LogP contribution in [0.2, 0.25) is 0 Å². The van der Waals surface area contributed by atoms with Crippen molar-refractivity contribution in [2.45, 2.75) is 45.1 Å². The van der Waals surface area contributed by atoms with Crippen LogP contribution in [-0.2, 0) is 11.2 Å². The van der Waals surface area contributed by atoms with Gasteiger partial charge in [0.1, 0.15) is 0 Å². The number of nitrogens with one attached hydrogen (secondary N) is 1. The van der Waals surface area contributed by atoms with Crippen LogP contribution in [0.4, 0.5) is 0 Å². The normalized spacial score (nSPS) is 11.3. The Morgan fingerprint density at radius 2 is 2.17 bits per heavy atom. The molecule has 0 saturated heterocycles. The van der Waals surface area contributed by atoms with Crippen LogP contribution in [-0.4, -0.2) is 28.1 Å². The SMILES string of the molecule is CCC(CC)(CO)NC(=O)CCc1cccnc1. The van der Waals surface area contributed by atoms with Gasteiger partial charge in [-0.05, 0) is 30.9 Å². The average molecular weight is 250 g/mol. The number of carbonyl (C=O) groups excluding carboxylic acids is 1. The van der Waals surface area contributed by atoms with Gasteiger partial charge in [-0.1, -0.05) is 19.9 Å². The minimum Gasteiger partial charge on any atom is -0.394 e. The molecule has 0 saturated carbocycles. The van der Waals surface area contributed by atoms with Crippen molar-refractivity contribution in [1.29, 1.82) is 0 Å². The number of nitrogens with zero attached hydrogens (tertiary/aromatic N) is 1. The Balaban J connectivity index is 2.46. The van der Waals surface area contributed by atoms with E-state index in [2.05, 4.69) is 10.3 Å². The van der Waals surface area contributed by atoms with E-state index in [0.29, 0.717) is 12.8 Å². The van der Waals surface area contributed by atoms with Crippen molar-refractivity contribution in [3.05, 3.63) is 30.1 Å². The van der Waals surface area contributed by atoms with E-state index in [1.165, 1.54) is 0 Å². The predicted octanol–water partition coefficient (Wildman–Crippen LogP) is 1.68. The fourth-order valence-electron chi connectivity index (χ4n) is 1.85. The maximum absolute atomic E-state index is 11.9. The van der Waals surface area contributed by atoms with Crippen LogP contribution in [0.25, 0.3) is 0 Å². The van der Waals surface area contributed by atoms with Crippen LogP contribution in [0.1, 0.15) is 38.7 Å². The number of hydrogen-bond acceptors (Lipinski definition) is 3. The topological polar surface area (TPSA) is 62.2 Å². The number of aromatic nitrogens is 1. The second-order valence-corrected chi connectivity index (χ2v) is 4.56. The van der Waals surface area contributed by atoms with E-state index in [4.69, 9.17) is 0 Å². The first-order valence-electron chi connectivity index (χ1n) is 6.46. The van der Waals surface area contributed by atoms with Crippen molar-refractivity contribution in [2.24, 2.45) is 0 Å². The smallest absolute Gasteiger partial charge is 0.220 e. The predicted molar refractivity (Wildman–Crippen MR) is 71.1 cm³/mol. The molecule has 0 aromatic carbocycles. The fraction of sp³-hybridized carbons (Fsp3) is 0.571. The van der Waals surface area contributed by atoms with E-state index in [9.17, 15) is 9.90 Å². The minimum absolute atomic E-state index is 0.0152. The molecule has 1 aromatic heterocycles. The number of aliphatic hydroxyl groups excluding tert-OH is 1. The van der Waals surface area contributed by atoms with Crippen LogP contribution in [0.3, 0.4) is 0 Å². The molecule has 0 aliphatic rings. The Bertz CT molecular complexity index is 353. The molecule has 1 amide bonds. The Labute approximate surface area is 108 Å². The maximum Gasteiger partial charge on any atom is 0.220 e. The van der Waals surface area contributed by atoms with Gasteiger partial charge in [0.25, 0.3) is 0 Å². The van der Waals surface area contributed by atoms with Gasteiger partial charge in [-0.25, -0.2) is 0 Å². The second kappa shape index (κ2) is 7.11. The summed E-state index contributed by atoms with van der Waals surface area (Å²) in [5, 5.41) is 12.3. The van der Waals surface area contributed by atoms with E-state index < -0.39 is 5.54 Å². The third-order valence-corrected chi connectivity index (χ3v) is 3.42. The standard InChI is InChI=1S/C14H22N2O2/c1-3-14(4-2,11-17)16-13(18)8-7-12-6-5-9-15-10-12/h5-6,9-10,17H,3-4,7-8,11H2,1-2H3,(H,16,18). The summed E-state index contributed by atoms with van der Waals surface area (Å²) in [6.07, 6.45) is 6.06. The summed E-state index contributed by atoms with van der Waals surface area (Å²) in [5.74, 6) is -0.0170. The molecule has 0 fully saturated rings. The van der Waals surface area contributed by atoms with Gasteiger partial charge in [-0.2, -0.15) is 0 Å². The molecule has 0 unspecified atom stereocenters. The number of carbonyl (C=O) groups is 1. The molecule has 18 heavy (non-hydrogen) atoms. The number of hydrogen-bond donors (Lipinski definition) is 2. The largest absolute Gasteiger partial charge is 0.394 e. The number of aryl methyl sites for hydroxylation is 1. The van der Waals surface area contributed by atoms with Gasteiger partial charge >= 0.3 is 0 Å². The molecule has 2 N–H and O–H groups in total. The summed E-state index contributed by atoms with van der Waals surface area (Å²) in [6, 6.07) is 3.82. The van der Waals surface area contributed by atoms with Crippen molar-refractivity contribution < 1.29 is 9.90 Å². The number of aliphatic hydroxyl groups is 1. The lowest BCUT2D eigenvalue weighted by Crippen LogP contribution is -2.50. The zero-order chi connectivity index (χ0) is 13.4. The van der Waals surface area contributed by atoms with Crippen LogP contribution < -0.4 is 5.32 Å². The van der Waals surface area contributed by atoms with Crippen LogP contribution >= 0.6 is 0 Å². The van der Waals surface area contributed by atoms with Crippen molar-refractivity contribution in [1.82, 2.24) is 10.3 Å². The molecular weight excluding hydrogens is 228 g/mol. The lowest BCUT2D eigenvalue weighted by molar-refractivity contribution is -0.123. The van der Waals surface area contributed by atoms with Crippen molar-refractivity contribution >= 4 is 5.91 Å². The molecule has 1 rings (SSSR count). The molecule has 0 atom stereocenters.